The molecule has 1 rings (SSSR count). The molecule has 0 spiro atoms. The van der Waals surface area contributed by atoms with Crippen molar-refractivity contribution in [3.8, 4) is 5.75 Å². The highest BCUT2D eigenvalue weighted by Gasteiger charge is 2.00. The first kappa shape index (κ1) is 11.9. The summed E-state index contributed by atoms with van der Waals surface area (Å²) in [6.45, 7) is 4.34. The zero-order valence-corrected chi connectivity index (χ0v) is 9.45. The number of methoxy groups -OCH3 is 1. The first-order valence-electron chi connectivity index (χ1n) is 5.33. The second-order valence-electron chi connectivity index (χ2n) is 3.26. The van der Waals surface area contributed by atoms with Crippen LogP contribution in [-0.4, -0.2) is 26.9 Å². The topological polar surface area (TPSA) is 30.5 Å². The summed E-state index contributed by atoms with van der Waals surface area (Å²) in [4.78, 5) is 0. The summed E-state index contributed by atoms with van der Waals surface area (Å²) in [5.74, 6) is 0.912. The van der Waals surface area contributed by atoms with Gasteiger partial charge in [0.1, 0.15) is 5.75 Å². The number of para-hydroxylation sites is 2. The molecule has 15 heavy (non-hydrogen) atoms. The van der Waals surface area contributed by atoms with Crippen molar-refractivity contribution in [2.45, 2.75) is 13.3 Å². The molecule has 0 aliphatic rings. The summed E-state index contributed by atoms with van der Waals surface area (Å²) >= 11 is 0. The summed E-state index contributed by atoms with van der Waals surface area (Å²) in [6.07, 6.45) is 1.02. The Morgan fingerprint density at radius 3 is 2.73 bits per heavy atom. The second-order valence-corrected chi connectivity index (χ2v) is 3.26. The second kappa shape index (κ2) is 7.12. The molecule has 0 saturated heterocycles. The molecule has 1 aromatic carbocycles. The fourth-order valence-corrected chi connectivity index (χ4v) is 1.24. The lowest BCUT2D eigenvalue weighted by molar-refractivity contribution is 0.210. The Labute approximate surface area is 91.4 Å². The van der Waals surface area contributed by atoms with E-state index in [2.05, 4.69) is 12.2 Å². The normalized spacial score (nSPS) is 10.0. The largest absolute Gasteiger partial charge is 0.491 e. The van der Waals surface area contributed by atoms with Crippen molar-refractivity contribution in [1.29, 1.82) is 0 Å². The van der Waals surface area contributed by atoms with E-state index in [4.69, 9.17) is 9.47 Å². The number of nitrogens with one attached hydrogen (secondary N) is 1. The summed E-state index contributed by atoms with van der Waals surface area (Å²) in [5.41, 5.74) is 1.03. The summed E-state index contributed by atoms with van der Waals surface area (Å²) in [6, 6.07) is 7.96. The maximum atomic E-state index is 5.61. The first-order valence-corrected chi connectivity index (χ1v) is 5.33. The molecule has 0 aromatic heterocycles. The van der Waals surface area contributed by atoms with E-state index in [-0.39, 0.29) is 0 Å². The van der Waals surface area contributed by atoms with Crippen molar-refractivity contribution in [3.63, 3.8) is 0 Å². The number of ether oxygens (including phenoxy) is 2. The van der Waals surface area contributed by atoms with Gasteiger partial charge in [-0.15, -0.1) is 0 Å². The van der Waals surface area contributed by atoms with E-state index in [1.165, 1.54) is 0 Å². The highest BCUT2D eigenvalue weighted by molar-refractivity contribution is 5.56. The summed E-state index contributed by atoms with van der Waals surface area (Å²) < 4.78 is 10.6. The molecular weight excluding hydrogens is 190 g/mol. The van der Waals surface area contributed by atoms with E-state index < -0.39 is 0 Å². The minimum absolute atomic E-state index is 0.697. The molecule has 0 saturated carbocycles. The molecule has 0 radical (unpaired) electrons. The van der Waals surface area contributed by atoms with Gasteiger partial charge in [0.2, 0.25) is 0 Å². The molecule has 84 valence electrons. The lowest BCUT2D eigenvalue weighted by Crippen LogP contribution is -2.09. The highest BCUT2D eigenvalue weighted by Crippen LogP contribution is 2.23. The minimum atomic E-state index is 0.697. The zero-order valence-electron chi connectivity index (χ0n) is 9.45. The van der Waals surface area contributed by atoms with Gasteiger partial charge in [-0.3, -0.25) is 0 Å². The Morgan fingerprint density at radius 2 is 2.00 bits per heavy atom. The van der Waals surface area contributed by atoms with E-state index in [1.54, 1.807) is 7.11 Å². The van der Waals surface area contributed by atoms with Gasteiger partial charge in [-0.2, -0.15) is 0 Å². The fourth-order valence-electron chi connectivity index (χ4n) is 1.24. The highest BCUT2D eigenvalue weighted by atomic mass is 16.5. The molecule has 3 heteroatoms. The molecule has 0 amide bonds. The number of rotatable bonds is 7. The lowest BCUT2D eigenvalue weighted by Gasteiger charge is -2.12. The van der Waals surface area contributed by atoms with Gasteiger partial charge >= 0.3 is 0 Å². The molecule has 1 aromatic rings. The van der Waals surface area contributed by atoms with Crippen LogP contribution >= 0.6 is 0 Å². The molecule has 0 aliphatic heterocycles. The van der Waals surface area contributed by atoms with Crippen molar-refractivity contribution >= 4 is 5.69 Å². The van der Waals surface area contributed by atoms with Crippen LogP contribution in [0.15, 0.2) is 24.3 Å². The molecule has 0 aliphatic carbocycles. The van der Waals surface area contributed by atoms with Crippen LogP contribution < -0.4 is 10.1 Å². The Bertz CT molecular complexity index is 276. The average Bonchev–Trinajstić information content (AvgIpc) is 2.28. The van der Waals surface area contributed by atoms with Gasteiger partial charge in [-0.25, -0.2) is 0 Å². The van der Waals surface area contributed by atoms with E-state index in [9.17, 15) is 0 Å². The monoisotopic (exact) mass is 209 g/mol. The third kappa shape index (κ3) is 4.21. The quantitative estimate of drug-likeness (QED) is 0.700. The minimum Gasteiger partial charge on any atom is -0.491 e. The van der Waals surface area contributed by atoms with Gasteiger partial charge in [0.05, 0.1) is 18.9 Å². The number of hydrogen-bond acceptors (Lipinski definition) is 3. The number of anilines is 1. The fraction of sp³-hybridized carbons (Fsp3) is 0.500. The third-order valence-corrected chi connectivity index (χ3v) is 1.97. The van der Waals surface area contributed by atoms with E-state index in [1.807, 2.05) is 24.3 Å². The third-order valence-electron chi connectivity index (χ3n) is 1.97. The van der Waals surface area contributed by atoms with Crippen LogP contribution in [0.25, 0.3) is 0 Å². The zero-order chi connectivity index (χ0) is 10.9. The van der Waals surface area contributed by atoms with Gasteiger partial charge in [-0.1, -0.05) is 19.1 Å². The van der Waals surface area contributed by atoms with Gasteiger partial charge in [0.25, 0.3) is 0 Å². The van der Waals surface area contributed by atoms with Crippen molar-refractivity contribution in [1.82, 2.24) is 0 Å². The molecule has 0 heterocycles. The molecule has 0 fully saturated rings. The van der Waals surface area contributed by atoms with Gasteiger partial charge < -0.3 is 14.8 Å². The maximum Gasteiger partial charge on any atom is 0.142 e. The van der Waals surface area contributed by atoms with Crippen LogP contribution in [-0.2, 0) is 4.74 Å². The van der Waals surface area contributed by atoms with Crippen molar-refractivity contribution in [2.75, 3.05) is 32.2 Å². The maximum absolute atomic E-state index is 5.61. The Balaban J connectivity index is 2.52. The molecule has 1 N–H and O–H groups in total. The Kier molecular flexibility index (Phi) is 5.63. The summed E-state index contributed by atoms with van der Waals surface area (Å²) in [7, 11) is 1.70. The molecule has 0 bridgehead atoms. The predicted molar refractivity (Wildman–Crippen MR) is 62.6 cm³/mol. The van der Waals surface area contributed by atoms with E-state index in [0.717, 1.165) is 31.0 Å². The number of hydrogen-bond donors (Lipinski definition) is 1. The Hall–Kier alpha value is -1.22. The van der Waals surface area contributed by atoms with Crippen LogP contribution in [0.3, 0.4) is 0 Å². The number of benzene rings is 1. The van der Waals surface area contributed by atoms with Crippen molar-refractivity contribution in [2.24, 2.45) is 0 Å². The Morgan fingerprint density at radius 1 is 1.20 bits per heavy atom. The average molecular weight is 209 g/mol. The van der Waals surface area contributed by atoms with Crippen LogP contribution in [0.4, 0.5) is 5.69 Å². The SMILES string of the molecule is CCCOc1ccccc1NCCOC. The van der Waals surface area contributed by atoms with E-state index >= 15 is 0 Å². The van der Waals surface area contributed by atoms with Gasteiger partial charge in [0, 0.05) is 13.7 Å². The summed E-state index contributed by atoms with van der Waals surface area (Å²) in [5, 5.41) is 3.27. The standard InChI is InChI=1S/C12H19NO2/c1-3-9-15-12-7-5-4-6-11(12)13-8-10-14-2/h4-7,13H,3,8-10H2,1-2H3. The molecule has 0 unspecified atom stereocenters. The lowest BCUT2D eigenvalue weighted by atomic mass is 10.3. The smallest absolute Gasteiger partial charge is 0.142 e. The van der Waals surface area contributed by atoms with Gasteiger partial charge in [-0.05, 0) is 18.6 Å². The van der Waals surface area contributed by atoms with Crippen molar-refractivity contribution in [3.05, 3.63) is 24.3 Å². The van der Waals surface area contributed by atoms with Gasteiger partial charge in [0.15, 0.2) is 0 Å². The van der Waals surface area contributed by atoms with Crippen LogP contribution in [0.2, 0.25) is 0 Å². The van der Waals surface area contributed by atoms with Crippen LogP contribution in [0.5, 0.6) is 5.75 Å². The van der Waals surface area contributed by atoms with Crippen LogP contribution in [0, 0.1) is 0 Å². The molecule has 0 atom stereocenters. The van der Waals surface area contributed by atoms with Crippen LogP contribution in [0.1, 0.15) is 13.3 Å². The predicted octanol–water partition coefficient (Wildman–Crippen LogP) is 2.53. The molecular formula is C12H19NO2. The van der Waals surface area contributed by atoms with Crippen molar-refractivity contribution < 1.29 is 9.47 Å². The van der Waals surface area contributed by atoms with E-state index in [0.29, 0.717) is 6.61 Å². The first-order chi connectivity index (χ1) is 7.38. The molecule has 3 nitrogen and oxygen atoms in total.